The van der Waals surface area contributed by atoms with Gasteiger partial charge in [-0.1, -0.05) is 41.6 Å². The quantitative estimate of drug-likeness (QED) is 0.539. The van der Waals surface area contributed by atoms with Crippen LogP contribution in [0.4, 0.5) is 0 Å². The maximum Gasteiger partial charge on any atom is 0.131 e. The van der Waals surface area contributed by atoms with Crippen molar-refractivity contribution < 1.29 is 9.47 Å². The van der Waals surface area contributed by atoms with Crippen molar-refractivity contribution in [3.05, 3.63) is 82.4 Å². The monoisotopic (exact) mass is 362 g/mol. The number of ether oxygens (including phenoxy) is 2. The van der Waals surface area contributed by atoms with E-state index < -0.39 is 0 Å². The van der Waals surface area contributed by atoms with E-state index in [1.165, 1.54) is 5.56 Å². The van der Waals surface area contributed by atoms with E-state index in [9.17, 15) is 4.91 Å². The molecular weight excluding hydrogens is 340 g/mol. The average molecular weight is 362 g/mol. The van der Waals surface area contributed by atoms with Crippen LogP contribution in [0.3, 0.4) is 0 Å². The number of hydrogen-bond donors (Lipinski definition) is 0. The Morgan fingerprint density at radius 1 is 0.926 bits per heavy atom. The molecule has 1 heterocycles. The normalized spacial score (nSPS) is 10.4. The lowest BCUT2D eigenvalue weighted by atomic mass is 9.97. The van der Waals surface area contributed by atoms with Crippen LogP contribution in [-0.4, -0.2) is 19.2 Å². The molecule has 0 aliphatic carbocycles. The molecule has 138 valence electrons. The summed E-state index contributed by atoms with van der Waals surface area (Å²) in [7, 11) is 3.29. The molecule has 0 N–H and O–H groups in total. The van der Waals surface area contributed by atoms with Gasteiger partial charge in [0.05, 0.1) is 19.9 Å². The Bertz CT molecular complexity index is 911. The van der Waals surface area contributed by atoms with Gasteiger partial charge in [-0.05, 0) is 42.2 Å². The van der Waals surface area contributed by atoms with Crippen molar-refractivity contribution >= 4 is 0 Å². The van der Waals surface area contributed by atoms with Crippen molar-refractivity contribution in [2.75, 3.05) is 14.2 Å². The van der Waals surface area contributed by atoms with Gasteiger partial charge >= 0.3 is 0 Å². The molecule has 1 aromatic heterocycles. The van der Waals surface area contributed by atoms with E-state index >= 15 is 0 Å². The summed E-state index contributed by atoms with van der Waals surface area (Å²) in [5, 5.41) is 3.03. The Morgan fingerprint density at radius 2 is 1.74 bits per heavy atom. The molecule has 0 unspecified atom stereocenters. The van der Waals surface area contributed by atoms with E-state index in [-0.39, 0.29) is 6.54 Å². The van der Waals surface area contributed by atoms with Crippen molar-refractivity contribution in [1.29, 1.82) is 0 Å². The molecule has 0 amide bonds. The minimum Gasteiger partial charge on any atom is -0.497 e. The summed E-state index contributed by atoms with van der Waals surface area (Å²) in [4.78, 5) is 15.3. The van der Waals surface area contributed by atoms with Crippen LogP contribution < -0.4 is 9.47 Å². The largest absolute Gasteiger partial charge is 0.497 e. The fourth-order valence-electron chi connectivity index (χ4n) is 3.18. The number of aryl methyl sites for hydroxylation is 2. The second-order valence-corrected chi connectivity index (χ2v) is 6.15. The number of pyridine rings is 1. The van der Waals surface area contributed by atoms with Crippen LogP contribution in [0.15, 0.2) is 66.0 Å². The van der Waals surface area contributed by atoms with Gasteiger partial charge in [0.1, 0.15) is 18.0 Å². The summed E-state index contributed by atoms with van der Waals surface area (Å²) in [6.07, 6.45) is 3.38. The second-order valence-electron chi connectivity index (χ2n) is 6.15. The number of methoxy groups -OCH3 is 2. The minimum absolute atomic E-state index is 0.0584. The van der Waals surface area contributed by atoms with Crippen LogP contribution in [0.1, 0.15) is 16.7 Å². The molecule has 0 fully saturated rings. The Labute approximate surface area is 159 Å². The molecule has 5 nitrogen and oxygen atoms in total. The van der Waals surface area contributed by atoms with Gasteiger partial charge in [0.25, 0.3) is 0 Å². The fourth-order valence-corrected chi connectivity index (χ4v) is 3.18. The van der Waals surface area contributed by atoms with Crippen molar-refractivity contribution in [3.63, 3.8) is 0 Å². The maximum absolute atomic E-state index is 10.8. The molecule has 0 saturated heterocycles. The zero-order valence-electron chi connectivity index (χ0n) is 15.5. The van der Waals surface area contributed by atoms with Crippen LogP contribution in [-0.2, 0) is 19.4 Å². The van der Waals surface area contributed by atoms with Crippen molar-refractivity contribution in [2.24, 2.45) is 5.18 Å². The first-order valence-corrected chi connectivity index (χ1v) is 8.79. The molecule has 3 aromatic rings. The third-order valence-electron chi connectivity index (χ3n) is 4.49. The molecule has 27 heavy (non-hydrogen) atoms. The molecule has 0 bridgehead atoms. The van der Waals surface area contributed by atoms with Gasteiger partial charge in [-0.15, -0.1) is 0 Å². The van der Waals surface area contributed by atoms with Crippen LogP contribution in [0.25, 0.3) is 11.3 Å². The lowest BCUT2D eigenvalue weighted by Crippen LogP contribution is -2.01. The molecule has 0 spiro atoms. The molecule has 0 aliphatic heterocycles. The first-order chi connectivity index (χ1) is 13.3. The number of hydrogen-bond acceptors (Lipinski definition) is 5. The van der Waals surface area contributed by atoms with E-state index in [4.69, 9.17) is 9.47 Å². The molecule has 0 saturated carbocycles. The van der Waals surface area contributed by atoms with Crippen molar-refractivity contribution in [2.45, 2.75) is 19.4 Å². The second kappa shape index (κ2) is 8.94. The predicted octanol–water partition coefficient (Wildman–Crippen LogP) is 4.82. The average Bonchev–Trinajstić information content (AvgIpc) is 2.73. The molecule has 2 aromatic carbocycles. The predicted molar refractivity (Wildman–Crippen MR) is 106 cm³/mol. The zero-order valence-corrected chi connectivity index (χ0v) is 15.5. The summed E-state index contributed by atoms with van der Waals surface area (Å²) in [6, 6.07) is 17.8. The highest BCUT2D eigenvalue weighted by molar-refractivity contribution is 5.73. The van der Waals surface area contributed by atoms with E-state index in [0.717, 1.165) is 41.0 Å². The molecular formula is C22H22N2O3. The standard InChI is InChI=1S/C22H22N2O3/c1-26-19-13-17(11-10-16-7-4-3-5-8-16)22(27-2)20(14-19)21-18(15-24-25)9-6-12-23-21/h3-9,12-14H,10-11,15H2,1-2H3. The van der Waals surface area contributed by atoms with Gasteiger partial charge in [0.15, 0.2) is 0 Å². The third-order valence-corrected chi connectivity index (χ3v) is 4.49. The molecule has 0 aliphatic rings. The Kier molecular flexibility index (Phi) is 6.15. The van der Waals surface area contributed by atoms with E-state index in [1.54, 1.807) is 26.5 Å². The van der Waals surface area contributed by atoms with Crippen molar-refractivity contribution in [1.82, 2.24) is 4.98 Å². The summed E-state index contributed by atoms with van der Waals surface area (Å²) in [5.74, 6) is 1.47. The van der Waals surface area contributed by atoms with Gasteiger partial charge in [-0.3, -0.25) is 4.98 Å². The number of rotatable bonds is 8. The van der Waals surface area contributed by atoms with Crippen molar-refractivity contribution in [3.8, 4) is 22.8 Å². The lowest BCUT2D eigenvalue weighted by Gasteiger charge is -2.17. The molecule has 3 rings (SSSR count). The first-order valence-electron chi connectivity index (χ1n) is 8.79. The SMILES string of the molecule is COc1cc(CCc2ccccc2)c(OC)c(-c2ncccc2CN=O)c1. The number of benzene rings is 2. The number of nitroso groups, excluding NO2 is 1. The van der Waals surface area contributed by atoms with E-state index in [2.05, 4.69) is 22.3 Å². The lowest BCUT2D eigenvalue weighted by molar-refractivity contribution is 0.400. The molecule has 0 atom stereocenters. The van der Waals surface area contributed by atoms with Crippen LogP contribution in [0, 0.1) is 4.91 Å². The van der Waals surface area contributed by atoms with Gasteiger partial charge in [0.2, 0.25) is 0 Å². The van der Waals surface area contributed by atoms with E-state index in [1.807, 2.05) is 36.4 Å². The number of nitrogens with zero attached hydrogens (tertiary/aromatic N) is 2. The topological polar surface area (TPSA) is 60.8 Å². The summed E-state index contributed by atoms with van der Waals surface area (Å²) in [5.41, 5.74) is 4.54. The first kappa shape index (κ1) is 18.6. The highest BCUT2D eigenvalue weighted by atomic mass is 16.5. The van der Waals surface area contributed by atoms with Gasteiger partial charge in [0, 0.05) is 17.3 Å². The van der Waals surface area contributed by atoms with Gasteiger partial charge in [-0.25, -0.2) is 0 Å². The summed E-state index contributed by atoms with van der Waals surface area (Å²) >= 11 is 0. The van der Waals surface area contributed by atoms with Gasteiger partial charge < -0.3 is 9.47 Å². The Balaban J connectivity index is 2.05. The highest BCUT2D eigenvalue weighted by Crippen LogP contribution is 2.38. The van der Waals surface area contributed by atoms with E-state index in [0.29, 0.717) is 5.69 Å². The highest BCUT2D eigenvalue weighted by Gasteiger charge is 2.17. The summed E-state index contributed by atoms with van der Waals surface area (Å²) < 4.78 is 11.2. The summed E-state index contributed by atoms with van der Waals surface area (Å²) in [6.45, 7) is 0.0584. The zero-order chi connectivity index (χ0) is 19.1. The van der Waals surface area contributed by atoms with Crippen LogP contribution >= 0.6 is 0 Å². The third kappa shape index (κ3) is 4.31. The molecule has 0 radical (unpaired) electrons. The minimum atomic E-state index is 0.0584. The van der Waals surface area contributed by atoms with Gasteiger partial charge in [-0.2, -0.15) is 4.91 Å². The van der Waals surface area contributed by atoms with Crippen LogP contribution in [0.5, 0.6) is 11.5 Å². The number of aromatic nitrogens is 1. The smallest absolute Gasteiger partial charge is 0.131 e. The maximum atomic E-state index is 10.8. The Hall–Kier alpha value is -3.21. The fraction of sp³-hybridized carbons (Fsp3) is 0.227. The van der Waals surface area contributed by atoms with Crippen LogP contribution in [0.2, 0.25) is 0 Å². The Morgan fingerprint density at radius 3 is 2.44 bits per heavy atom. The molecule has 5 heteroatoms.